The summed E-state index contributed by atoms with van der Waals surface area (Å²) in [5, 5.41) is 6.32. The zero-order valence-electron chi connectivity index (χ0n) is 5.16. The number of alkyl halides is 3. The summed E-state index contributed by atoms with van der Waals surface area (Å²) in [5.74, 6) is 3.59. The lowest BCUT2D eigenvalue weighted by Crippen LogP contribution is -1.99. The normalized spacial score (nSPS) is 10.4. The first-order chi connectivity index (χ1) is 4.56. The second kappa shape index (κ2) is 4.48. The molecule has 1 radical (unpaired) electrons. The van der Waals surface area contributed by atoms with E-state index in [2.05, 4.69) is 17.5 Å². The first-order valence-corrected chi connectivity index (χ1v) is 3.09. The number of halogens is 3. The molecule has 0 spiro atoms. The quantitative estimate of drug-likeness (QED) is 0.341. The SMILES string of the molecule is [O]CCCC#CC(F)(F)Cl. The van der Waals surface area contributed by atoms with Crippen molar-refractivity contribution in [1.29, 1.82) is 0 Å². The van der Waals surface area contributed by atoms with Gasteiger partial charge in [0.05, 0.1) is 6.61 Å². The second-order valence-electron chi connectivity index (χ2n) is 1.61. The van der Waals surface area contributed by atoms with Crippen LogP contribution in [0.25, 0.3) is 0 Å². The predicted molar refractivity (Wildman–Crippen MR) is 33.4 cm³/mol. The van der Waals surface area contributed by atoms with E-state index in [0.29, 0.717) is 6.42 Å². The minimum Gasteiger partial charge on any atom is -0.237 e. The summed E-state index contributed by atoms with van der Waals surface area (Å²) in [7, 11) is 0. The van der Waals surface area contributed by atoms with Crippen LogP contribution >= 0.6 is 11.6 Å². The van der Waals surface area contributed by atoms with Crippen molar-refractivity contribution in [1.82, 2.24) is 0 Å². The molecule has 0 aromatic rings. The first kappa shape index (κ1) is 9.67. The van der Waals surface area contributed by atoms with Gasteiger partial charge >= 0.3 is 5.38 Å². The maximum Gasteiger partial charge on any atom is 0.385 e. The maximum atomic E-state index is 11.7. The zero-order chi connectivity index (χ0) is 8.04. The molecule has 0 saturated carbocycles. The molecule has 10 heavy (non-hydrogen) atoms. The van der Waals surface area contributed by atoms with E-state index in [1.807, 2.05) is 0 Å². The third-order valence-electron chi connectivity index (χ3n) is 0.676. The lowest BCUT2D eigenvalue weighted by molar-refractivity contribution is 0.164. The van der Waals surface area contributed by atoms with Crippen LogP contribution in [0.5, 0.6) is 0 Å². The molecule has 0 atom stereocenters. The largest absolute Gasteiger partial charge is 0.385 e. The van der Waals surface area contributed by atoms with Crippen molar-refractivity contribution in [3.8, 4) is 11.8 Å². The van der Waals surface area contributed by atoms with Crippen LogP contribution in [0.3, 0.4) is 0 Å². The maximum absolute atomic E-state index is 11.7. The van der Waals surface area contributed by atoms with E-state index >= 15 is 0 Å². The van der Waals surface area contributed by atoms with Gasteiger partial charge in [-0.15, -0.1) is 0 Å². The Labute approximate surface area is 63.0 Å². The molecule has 0 amide bonds. The van der Waals surface area contributed by atoms with E-state index in [1.54, 1.807) is 0 Å². The fourth-order valence-electron chi connectivity index (χ4n) is 0.323. The Morgan fingerprint density at radius 3 is 2.50 bits per heavy atom. The summed E-state index contributed by atoms with van der Waals surface area (Å²) >= 11 is 4.43. The Hall–Kier alpha value is -0.330. The summed E-state index contributed by atoms with van der Waals surface area (Å²) in [6.45, 7) is -0.289. The van der Waals surface area contributed by atoms with Crippen molar-refractivity contribution < 1.29 is 13.9 Å². The van der Waals surface area contributed by atoms with Gasteiger partial charge in [-0.1, -0.05) is 5.92 Å². The van der Waals surface area contributed by atoms with Crippen molar-refractivity contribution in [2.75, 3.05) is 6.61 Å². The van der Waals surface area contributed by atoms with E-state index in [1.165, 1.54) is 5.92 Å². The molecule has 0 unspecified atom stereocenters. The second-order valence-corrected chi connectivity index (χ2v) is 2.08. The van der Waals surface area contributed by atoms with Gasteiger partial charge in [-0.25, -0.2) is 5.11 Å². The van der Waals surface area contributed by atoms with Crippen LogP contribution in [0, 0.1) is 11.8 Å². The van der Waals surface area contributed by atoms with Gasteiger partial charge in [0.2, 0.25) is 0 Å². The minimum absolute atomic E-state index is 0.186. The Kier molecular flexibility index (Phi) is 4.33. The Bertz CT molecular complexity index is 142. The zero-order valence-corrected chi connectivity index (χ0v) is 5.92. The molecule has 57 valence electrons. The Morgan fingerprint density at radius 2 is 2.10 bits per heavy atom. The van der Waals surface area contributed by atoms with Crippen LogP contribution in [0.1, 0.15) is 12.8 Å². The van der Waals surface area contributed by atoms with Gasteiger partial charge in [0.1, 0.15) is 0 Å². The summed E-state index contributed by atoms with van der Waals surface area (Å²) < 4.78 is 23.3. The molecule has 0 heterocycles. The predicted octanol–water partition coefficient (Wildman–Crippen LogP) is 2.03. The molecule has 1 nitrogen and oxygen atoms in total. The van der Waals surface area contributed by atoms with Gasteiger partial charge < -0.3 is 0 Å². The molecule has 0 aliphatic rings. The molecule has 0 aliphatic carbocycles. The average Bonchev–Trinajstić information content (AvgIpc) is 1.78. The Balaban J connectivity index is 3.50. The number of hydrogen-bond acceptors (Lipinski definition) is 0. The molecular weight excluding hydrogens is 162 g/mol. The molecule has 0 N–H and O–H groups in total. The summed E-state index contributed by atoms with van der Waals surface area (Å²) in [4.78, 5) is 0. The molecule has 0 rings (SSSR count). The minimum atomic E-state index is -3.44. The summed E-state index contributed by atoms with van der Waals surface area (Å²) in [6, 6.07) is 0. The molecule has 0 aliphatic heterocycles. The van der Waals surface area contributed by atoms with Crippen LogP contribution in [0.2, 0.25) is 0 Å². The lowest BCUT2D eigenvalue weighted by atomic mass is 10.3. The highest BCUT2D eigenvalue weighted by Crippen LogP contribution is 2.16. The van der Waals surface area contributed by atoms with Crippen molar-refractivity contribution in [3.63, 3.8) is 0 Å². The van der Waals surface area contributed by atoms with Crippen LogP contribution < -0.4 is 0 Å². The van der Waals surface area contributed by atoms with Crippen molar-refractivity contribution in [2.45, 2.75) is 18.2 Å². The van der Waals surface area contributed by atoms with Crippen molar-refractivity contribution in [3.05, 3.63) is 0 Å². The third-order valence-corrected chi connectivity index (χ3v) is 0.771. The summed E-state index contributed by atoms with van der Waals surface area (Å²) in [5.41, 5.74) is 0. The molecule has 0 aromatic heterocycles. The van der Waals surface area contributed by atoms with E-state index in [4.69, 9.17) is 0 Å². The molecule has 4 heteroatoms. The van der Waals surface area contributed by atoms with Crippen LogP contribution in [-0.2, 0) is 5.11 Å². The highest BCUT2D eigenvalue weighted by molar-refractivity contribution is 6.23. The van der Waals surface area contributed by atoms with Crippen LogP contribution in [0.4, 0.5) is 8.78 Å². The van der Waals surface area contributed by atoms with E-state index in [-0.39, 0.29) is 13.0 Å². The smallest absolute Gasteiger partial charge is 0.237 e. The first-order valence-electron chi connectivity index (χ1n) is 2.71. The number of hydrogen-bond donors (Lipinski definition) is 0. The molecular formula is C6H6ClF2O. The van der Waals surface area contributed by atoms with Gasteiger partial charge in [0, 0.05) is 6.42 Å². The van der Waals surface area contributed by atoms with Crippen LogP contribution in [0.15, 0.2) is 0 Å². The standard InChI is InChI=1S/C6H6ClF2O/c7-6(8,9)4-2-1-3-5-10/h1,3,5H2. The van der Waals surface area contributed by atoms with E-state index in [0.717, 1.165) is 0 Å². The monoisotopic (exact) mass is 167 g/mol. The van der Waals surface area contributed by atoms with Gasteiger partial charge in [-0.3, -0.25) is 0 Å². The molecule has 0 saturated heterocycles. The summed E-state index contributed by atoms with van der Waals surface area (Å²) in [6.07, 6.45) is 0.478. The lowest BCUT2D eigenvalue weighted by Gasteiger charge is -1.93. The highest BCUT2D eigenvalue weighted by atomic mass is 35.5. The van der Waals surface area contributed by atoms with Gasteiger partial charge in [0.25, 0.3) is 0 Å². The third kappa shape index (κ3) is 7.67. The molecule has 0 bridgehead atoms. The van der Waals surface area contributed by atoms with Crippen molar-refractivity contribution >= 4 is 11.6 Å². The van der Waals surface area contributed by atoms with Gasteiger partial charge in [0.15, 0.2) is 0 Å². The van der Waals surface area contributed by atoms with Gasteiger partial charge in [-0.2, -0.15) is 8.78 Å². The number of unbranched alkanes of at least 4 members (excludes halogenated alkanes) is 1. The van der Waals surface area contributed by atoms with E-state index in [9.17, 15) is 13.9 Å². The Morgan fingerprint density at radius 1 is 1.50 bits per heavy atom. The fourth-order valence-corrected chi connectivity index (χ4v) is 0.390. The number of rotatable bonds is 2. The molecule has 0 fully saturated rings. The van der Waals surface area contributed by atoms with Gasteiger partial charge in [-0.05, 0) is 23.9 Å². The highest BCUT2D eigenvalue weighted by Gasteiger charge is 2.19. The van der Waals surface area contributed by atoms with E-state index < -0.39 is 5.38 Å². The molecule has 0 aromatic carbocycles. The average molecular weight is 168 g/mol. The van der Waals surface area contributed by atoms with Crippen LogP contribution in [-0.4, -0.2) is 12.0 Å². The topological polar surface area (TPSA) is 19.9 Å². The van der Waals surface area contributed by atoms with Crippen molar-refractivity contribution in [2.24, 2.45) is 0 Å². The fraction of sp³-hybridized carbons (Fsp3) is 0.667.